The second-order valence-corrected chi connectivity index (χ2v) is 4.77. The molecule has 0 amide bonds. The lowest BCUT2D eigenvalue weighted by Gasteiger charge is -2.21. The lowest BCUT2D eigenvalue weighted by molar-refractivity contribution is 0.562. The highest BCUT2D eigenvalue weighted by atomic mass is 15.1. The van der Waals surface area contributed by atoms with Gasteiger partial charge in [0.05, 0.1) is 6.17 Å². The summed E-state index contributed by atoms with van der Waals surface area (Å²) in [5.74, 6) is 0. The zero-order valence-electron chi connectivity index (χ0n) is 10.3. The van der Waals surface area contributed by atoms with Crippen LogP contribution in [0.4, 0.5) is 5.69 Å². The fourth-order valence-corrected chi connectivity index (χ4v) is 2.37. The number of rotatable bonds is 2. The number of anilines is 1. The van der Waals surface area contributed by atoms with Gasteiger partial charge in [-0.1, -0.05) is 31.0 Å². The van der Waals surface area contributed by atoms with E-state index in [0.717, 1.165) is 6.54 Å². The van der Waals surface area contributed by atoms with Gasteiger partial charge < -0.3 is 5.32 Å². The molecule has 1 aliphatic rings. The Morgan fingerprint density at radius 3 is 2.62 bits per heavy atom. The molecule has 2 nitrogen and oxygen atoms in total. The zero-order chi connectivity index (χ0) is 11.4. The summed E-state index contributed by atoms with van der Waals surface area (Å²) in [7, 11) is 0. The van der Waals surface area contributed by atoms with Gasteiger partial charge in [0.25, 0.3) is 0 Å². The zero-order valence-corrected chi connectivity index (χ0v) is 10.3. The summed E-state index contributed by atoms with van der Waals surface area (Å²) < 4.78 is 0. The number of benzene rings is 1. The minimum Gasteiger partial charge on any atom is -0.369 e. The lowest BCUT2D eigenvalue weighted by atomic mass is 10.1. The Kier molecular flexibility index (Phi) is 3.83. The molecule has 1 atom stereocenters. The van der Waals surface area contributed by atoms with E-state index >= 15 is 0 Å². The van der Waals surface area contributed by atoms with Gasteiger partial charge in [0.2, 0.25) is 0 Å². The van der Waals surface area contributed by atoms with Gasteiger partial charge in [-0.2, -0.15) is 0 Å². The predicted molar refractivity (Wildman–Crippen MR) is 69.8 cm³/mol. The number of hydrogen-bond acceptors (Lipinski definition) is 2. The molecule has 1 saturated heterocycles. The summed E-state index contributed by atoms with van der Waals surface area (Å²) in [6.07, 6.45) is 5.67. The molecule has 1 aromatic rings. The van der Waals surface area contributed by atoms with Crippen LogP contribution in [-0.2, 0) is 0 Å². The largest absolute Gasteiger partial charge is 0.369 e. The van der Waals surface area contributed by atoms with Crippen LogP contribution >= 0.6 is 0 Å². The highest BCUT2D eigenvalue weighted by Crippen LogP contribution is 2.21. The molecule has 2 heteroatoms. The smallest absolute Gasteiger partial charge is 0.0768 e. The molecule has 1 heterocycles. The maximum absolute atomic E-state index is 3.65. The minimum atomic E-state index is 0.447. The van der Waals surface area contributed by atoms with Crippen LogP contribution in [0.1, 0.15) is 36.8 Å². The molecule has 2 N–H and O–H groups in total. The Morgan fingerprint density at radius 1 is 1.12 bits per heavy atom. The maximum atomic E-state index is 3.65. The van der Waals surface area contributed by atoms with Gasteiger partial charge in [-0.3, -0.25) is 5.32 Å². The van der Waals surface area contributed by atoms with Crippen molar-refractivity contribution in [2.24, 2.45) is 0 Å². The molecule has 1 unspecified atom stereocenters. The molecule has 88 valence electrons. The van der Waals surface area contributed by atoms with Crippen LogP contribution in [0.3, 0.4) is 0 Å². The number of para-hydroxylation sites is 1. The van der Waals surface area contributed by atoms with Crippen LogP contribution in [0, 0.1) is 13.8 Å². The first-order chi connectivity index (χ1) is 7.77. The molecule has 1 aromatic carbocycles. The van der Waals surface area contributed by atoms with Crippen molar-refractivity contribution in [3.8, 4) is 0 Å². The lowest BCUT2D eigenvalue weighted by Crippen LogP contribution is -2.35. The molecule has 0 bridgehead atoms. The average molecular weight is 218 g/mol. The summed E-state index contributed by atoms with van der Waals surface area (Å²) in [5.41, 5.74) is 3.99. The van der Waals surface area contributed by atoms with Gasteiger partial charge in [-0.05, 0) is 44.4 Å². The summed E-state index contributed by atoms with van der Waals surface area (Å²) in [5, 5.41) is 7.22. The van der Waals surface area contributed by atoms with Crippen molar-refractivity contribution < 1.29 is 0 Å². The second kappa shape index (κ2) is 5.35. The molecule has 0 spiro atoms. The third-order valence-electron chi connectivity index (χ3n) is 3.36. The van der Waals surface area contributed by atoms with Crippen LogP contribution in [0.25, 0.3) is 0 Å². The van der Waals surface area contributed by atoms with Crippen molar-refractivity contribution >= 4 is 5.69 Å². The average Bonchev–Trinajstić information content (AvgIpc) is 2.52. The molecule has 1 fully saturated rings. The number of aryl methyl sites for hydroxylation is 2. The van der Waals surface area contributed by atoms with Crippen molar-refractivity contribution in [3.05, 3.63) is 29.3 Å². The third kappa shape index (κ3) is 2.76. The summed E-state index contributed by atoms with van der Waals surface area (Å²) in [4.78, 5) is 0. The monoisotopic (exact) mass is 218 g/mol. The molecule has 0 radical (unpaired) electrons. The van der Waals surface area contributed by atoms with E-state index in [1.807, 2.05) is 0 Å². The quantitative estimate of drug-likeness (QED) is 0.796. The highest BCUT2D eigenvalue weighted by Gasteiger charge is 2.12. The van der Waals surface area contributed by atoms with Gasteiger partial charge in [-0.25, -0.2) is 0 Å². The van der Waals surface area contributed by atoms with Gasteiger partial charge >= 0.3 is 0 Å². The Labute approximate surface area is 98.4 Å². The molecule has 2 rings (SSSR count). The second-order valence-electron chi connectivity index (χ2n) is 4.77. The summed E-state index contributed by atoms with van der Waals surface area (Å²) in [6.45, 7) is 5.49. The molecular formula is C14H22N2. The molecule has 0 saturated carbocycles. The maximum Gasteiger partial charge on any atom is 0.0768 e. The van der Waals surface area contributed by atoms with Gasteiger partial charge in [0, 0.05) is 5.69 Å². The summed E-state index contributed by atoms with van der Waals surface area (Å²) >= 11 is 0. The van der Waals surface area contributed by atoms with Crippen LogP contribution < -0.4 is 10.6 Å². The topological polar surface area (TPSA) is 24.1 Å². The fraction of sp³-hybridized carbons (Fsp3) is 0.571. The predicted octanol–water partition coefficient (Wildman–Crippen LogP) is 3.21. The van der Waals surface area contributed by atoms with Gasteiger partial charge in [0.1, 0.15) is 0 Å². The first-order valence-electron chi connectivity index (χ1n) is 6.33. The van der Waals surface area contributed by atoms with E-state index in [4.69, 9.17) is 0 Å². The normalized spacial score (nSPS) is 21.5. The molecule has 0 aliphatic carbocycles. The van der Waals surface area contributed by atoms with Crippen molar-refractivity contribution in [1.82, 2.24) is 5.32 Å². The van der Waals surface area contributed by atoms with Crippen molar-refractivity contribution in [3.63, 3.8) is 0 Å². The Hall–Kier alpha value is -1.02. The first kappa shape index (κ1) is 11.5. The van der Waals surface area contributed by atoms with E-state index in [2.05, 4.69) is 42.7 Å². The van der Waals surface area contributed by atoms with Crippen LogP contribution in [0.15, 0.2) is 18.2 Å². The van der Waals surface area contributed by atoms with Gasteiger partial charge in [-0.15, -0.1) is 0 Å². The Bertz CT molecular complexity index is 318. The van der Waals surface area contributed by atoms with Gasteiger partial charge in [0.15, 0.2) is 0 Å². The molecule has 0 aromatic heterocycles. The standard InChI is InChI=1S/C14H22N2/c1-11-7-6-8-12(2)14(11)16-13-9-4-3-5-10-15-13/h6-8,13,15-16H,3-5,9-10H2,1-2H3. The number of nitrogens with one attached hydrogen (secondary N) is 2. The number of hydrogen-bond donors (Lipinski definition) is 2. The van der Waals surface area contributed by atoms with Crippen molar-refractivity contribution in [1.29, 1.82) is 0 Å². The van der Waals surface area contributed by atoms with E-state index in [0.29, 0.717) is 6.17 Å². The van der Waals surface area contributed by atoms with Crippen LogP contribution in [0.5, 0.6) is 0 Å². The Morgan fingerprint density at radius 2 is 1.88 bits per heavy atom. The molecular weight excluding hydrogens is 196 g/mol. The summed E-state index contributed by atoms with van der Waals surface area (Å²) in [6, 6.07) is 6.47. The van der Waals surface area contributed by atoms with E-state index in [1.165, 1.54) is 42.5 Å². The van der Waals surface area contributed by atoms with E-state index in [-0.39, 0.29) is 0 Å². The molecule has 16 heavy (non-hydrogen) atoms. The fourth-order valence-electron chi connectivity index (χ4n) is 2.37. The highest BCUT2D eigenvalue weighted by molar-refractivity contribution is 5.57. The molecule has 1 aliphatic heterocycles. The SMILES string of the molecule is Cc1cccc(C)c1NC1CCCCCN1. The van der Waals surface area contributed by atoms with Crippen molar-refractivity contribution in [2.45, 2.75) is 45.7 Å². The van der Waals surface area contributed by atoms with E-state index < -0.39 is 0 Å². The third-order valence-corrected chi connectivity index (χ3v) is 3.36. The van der Waals surface area contributed by atoms with E-state index in [9.17, 15) is 0 Å². The van der Waals surface area contributed by atoms with E-state index in [1.54, 1.807) is 0 Å². The van der Waals surface area contributed by atoms with Crippen LogP contribution in [-0.4, -0.2) is 12.7 Å². The van der Waals surface area contributed by atoms with Crippen molar-refractivity contribution in [2.75, 3.05) is 11.9 Å². The van der Waals surface area contributed by atoms with Crippen LogP contribution in [0.2, 0.25) is 0 Å². The minimum absolute atomic E-state index is 0.447. The Balaban J connectivity index is 2.07. The first-order valence-corrected chi connectivity index (χ1v) is 6.33.